The summed E-state index contributed by atoms with van der Waals surface area (Å²) in [6, 6.07) is 37.9. The molecule has 3 aromatic heterocycles. The molecule has 7 rings (SSSR count). The van der Waals surface area contributed by atoms with Crippen molar-refractivity contribution in [2.24, 2.45) is 5.73 Å². The molecule has 10 nitrogen and oxygen atoms in total. The van der Waals surface area contributed by atoms with Crippen LogP contribution >= 0.6 is 0 Å². The maximum absolute atomic E-state index is 8.74. The van der Waals surface area contributed by atoms with Crippen LogP contribution < -0.4 is 58.7 Å². The molecule has 0 atom stereocenters. The van der Waals surface area contributed by atoms with Gasteiger partial charge in [0.1, 0.15) is 28.7 Å². The number of hydrogen-bond acceptors (Lipinski definition) is 8. The number of aromatic hydroxyl groups is 1. The van der Waals surface area contributed by atoms with Crippen LogP contribution in [0.3, 0.4) is 0 Å². The van der Waals surface area contributed by atoms with E-state index in [1.165, 1.54) is 12.1 Å². The SMILES string of the molecule is N#Cc1ccc(O)cc1.N#Cc1ccc(Oc2ccncc2)cc1.NCc1ccc(Oc2ccncc2)cc1.[Br-].[Br-].[C+]1=C([n+]2ccccc2)C=C[NH+]=C1. The summed E-state index contributed by atoms with van der Waals surface area (Å²) in [5.41, 5.74) is 8.82. The van der Waals surface area contributed by atoms with Crippen molar-refractivity contribution >= 4 is 11.9 Å². The van der Waals surface area contributed by atoms with Gasteiger partial charge in [0.05, 0.1) is 23.3 Å². The smallest absolute Gasteiger partial charge is 0.442 e. The number of phenolic OH excluding ortho intramolecular Hbond substituents is 1. The van der Waals surface area contributed by atoms with E-state index in [2.05, 4.69) is 27.1 Å². The molecule has 0 spiro atoms. The normalized spacial score (nSPS) is 9.98. The Labute approximate surface area is 329 Å². The van der Waals surface area contributed by atoms with E-state index in [0.29, 0.717) is 23.4 Å². The summed E-state index contributed by atoms with van der Waals surface area (Å²) in [5, 5.41) is 25.7. The molecule has 4 heterocycles. The molecule has 12 heteroatoms. The minimum atomic E-state index is 0. The number of nitrogens with zero attached hydrogens (tertiary/aromatic N) is 5. The van der Waals surface area contributed by atoms with Gasteiger partial charge >= 0.3 is 11.9 Å². The van der Waals surface area contributed by atoms with Crippen LogP contribution in [0.4, 0.5) is 0 Å². The summed E-state index contributed by atoms with van der Waals surface area (Å²) < 4.78 is 13.1. The highest BCUT2D eigenvalue weighted by Crippen LogP contribution is 2.21. The largest absolute Gasteiger partial charge is 1.00 e. The number of allylic oxidation sites excluding steroid dienone is 3. The van der Waals surface area contributed by atoms with Gasteiger partial charge in [0, 0.05) is 43.5 Å². The minimum absolute atomic E-state index is 0. The molecule has 1 aliphatic heterocycles. The molecule has 53 heavy (non-hydrogen) atoms. The van der Waals surface area contributed by atoms with Gasteiger partial charge in [-0.25, -0.2) is 0 Å². The minimum Gasteiger partial charge on any atom is -1.00 e. The van der Waals surface area contributed by atoms with E-state index < -0.39 is 0 Å². The maximum Gasteiger partial charge on any atom is 0.442 e. The van der Waals surface area contributed by atoms with Gasteiger partial charge in [0.2, 0.25) is 6.08 Å². The van der Waals surface area contributed by atoms with Gasteiger partial charge in [0.25, 0.3) is 12.3 Å². The van der Waals surface area contributed by atoms with Gasteiger partial charge in [0.15, 0.2) is 12.4 Å². The average molecular weight is 833 g/mol. The van der Waals surface area contributed by atoms with Crippen LogP contribution in [-0.4, -0.2) is 21.3 Å². The van der Waals surface area contributed by atoms with Crippen molar-refractivity contribution in [1.82, 2.24) is 9.97 Å². The topological polar surface area (TPSA) is 156 Å². The molecule has 4 N–H and O–H groups in total. The fraction of sp³-hybridized carbons (Fsp3) is 0.0244. The Balaban J connectivity index is 0.000000245. The average Bonchev–Trinajstić information content (AvgIpc) is 3.21. The lowest BCUT2D eigenvalue weighted by atomic mass is 10.2. The van der Waals surface area contributed by atoms with E-state index in [1.807, 2.05) is 89.9 Å². The number of pyridine rings is 3. The summed E-state index contributed by atoms with van der Waals surface area (Å²) in [5.74, 6) is 3.22. The second kappa shape index (κ2) is 24.6. The maximum atomic E-state index is 8.74. The molecule has 0 bridgehead atoms. The molecule has 3 aromatic carbocycles. The third-order valence-electron chi connectivity index (χ3n) is 6.54. The Bertz CT molecular complexity index is 2090. The molecule has 0 radical (unpaired) electrons. The van der Waals surface area contributed by atoms with Crippen LogP contribution in [0.5, 0.6) is 28.7 Å². The summed E-state index contributed by atoms with van der Waals surface area (Å²) in [4.78, 5) is 10.7. The molecule has 0 saturated carbocycles. The molecule has 1 aliphatic rings. The Kier molecular flexibility index (Phi) is 19.8. The van der Waals surface area contributed by atoms with Gasteiger partial charge in [-0.3, -0.25) is 9.97 Å². The number of ether oxygens (including phenoxy) is 2. The van der Waals surface area contributed by atoms with Gasteiger partial charge in [-0.2, -0.15) is 15.5 Å². The number of benzene rings is 3. The number of nitrogens with one attached hydrogen (secondary N) is 1. The Hall–Kier alpha value is -6.53. The first-order chi connectivity index (χ1) is 25.1. The molecular weight excluding hydrogens is 798 g/mol. The third-order valence-corrected chi connectivity index (χ3v) is 6.54. The first kappa shape index (κ1) is 42.6. The zero-order valence-corrected chi connectivity index (χ0v) is 31.4. The summed E-state index contributed by atoms with van der Waals surface area (Å²) >= 11 is 0. The van der Waals surface area contributed by atoms with Crippen LogP contribution in [-0.2, 0) is 6.54 Å². The lowest BCUT2D eigenvalue weighted by molar-refractivity contribution is -0.579. The van der Waals surface area contributed by atoms with Crippen LogP contribution in [0.15, 0.2) is 165 Å². The van der Waals surface area contributed by atoms with Crippen molar-refractivity contribution < 1.29 is 58.1 Å². The molecular formula is C41H34Br2N7O3+. The molecule has 0 fully saturated rings. The molecule has 264 valence electrons. The predicted molar refractivity (Wildman–Crippen MR) is 193 cm³/mol. The number of hydrogen-bond donors (Lipinski definition) is 3. The second-order valence-corrected chi connectivity index (χ2v) is 10.2. The van der Waals surface area contributed by atoms with Crippen LogP contribution in [0.2, 0.25) is 0 Å². The van der Waals surface area contributed by atoms with Crippen molar-refractivity contribution in [3.8, 4) is 40.9 Å². The predicted octanol–water partition coefficient (Wildman–Crippen LogP) is -0.353. The quantitative estimate of drug-likeness (QED) is 0.152. The molecule has 0 unspecified atom stereocenters. The molecule has 0 amide bonds. The van der Waals surface area contributed by atoms with Gasteiger partial charge < -0.3 is 54.3 Å². The van der Waals surface area contributed by atoms with Crippen molar-refractivity contribution in [2.45, 2.75) is 6.54 Å². The third kappa shape index (κ3) is 15.9. The van der Waals surface area contributed by atoms with E-state index in [0.717, 1.165) is 28.5 Å². The summed E-state index contributed by atoms with van der Waals surface area (Å²) in [6.07, 6.45) is 19.4. The van der Waals surface area contributed by atoms with E-state index in [1.54, 1.807) is 79.5 Å². The van der Waals surface area contributed by atoms with E-state index in [-0.39, 0.29) is 39.7 Å². The first-order valence-corrected chi connectivity index (χ1v) is 15.5. The highest BCUT2D eigenvalue weighted by Gasteiger charge is 2.19. The van der Waals surface area contributed by atoms with E-state index in [9.17, 15) is 0 Å². The Morgan fingerprint density at radius 3 is 1.55 bits per heavy atom. The summed E-state index contributed by atoms with van der Waals surface area (Å²) in [6.45, 7) is 0.551. The van der Waals surface area contributed by atoms with Gasteiger partial charge in [-0.15, -0.1) is 4.57 Å². The van der Waals surface area contributed by atoms with Crippen molar-refractivity contribution in [3.63, 3.8) is 0 Å². The second-order valence-electron chi connectivity index (χ2n) is 10.2. The van der Waals surface area contributed by atoms with Crippen LogP contribution in [0.1, 0.15) is 16.7 Å². The number of phenols is 1. The standard InChI is InChI=1S/C12H12N2O.C12H8N2O.C10H8N2.C7H5NO.2BrH/c2*13-9-10-1-3-11(4-2-10)15-12-5-7-14-8-6-12;1-2-8-12(9-3-1)10-4-6-11-7-5-10;8-5-6-1-3-7(9)4-2-6;;/h1-8H,9,13H2;1-8H;1-4,6-9H;1-4,9H;2*1H/q;;+2;;;/p-1. The van der Waals surface area contributed by atoms with Crippen molar-refractivity contribution in [3.05, 3.63) is 187 Å². The molecule has 0 aliphatic carbocycles. The lowest BCUT2D eigenvalue weighted by Gasteiger charge is -2.05. The number of nitriles is 2. The van der Waals surface area contributed by atoms with Crippen molar-refractivity contribution in [1.29, 1.82) is 10.5 Å². The van der Waals surface area contributed by atoms with Crippen molar-refractivity contribution in [2.75, 3.05) is 0 Å². The zero-order valence-electron chi connectivity index (χ0n) is 28.2. The zero-order chi connectivity index (χ0) is 35.9. The number of aromatic nitrogens is 3. The Morgan fingerprint density at radius 2 is 1.11 bits per heavy atom. The van der Waals surface area contributed by atoms with Gasteiger partial charge in [-0.05, 0) is 90.5 Å². The number of rotatable bonds is 6. The van der Waals surface area contributed by atoms with E-state index >= 15 is 0 Å². The van der Waals surface area contributed by atoms with E-state index in [4.69, 9.17) is 30.8 Å². The summed E-state index contributed by atoms with van der Waals surface area (Å²) in [7, 11) is 0. The number of nitrogens with two attached hydrogens (primary N) is 1. The molecule has 0 saturated heterocycles. The highest BCUT2D eigenvalue weighted by atomic mass is 79.9. The van der Waals surface area contributed by atoms with Crippen LogP contribution in [0.25, 0.3) is 5.70 Å². The van der Waals surface area contributed by atoms with Crippen LogP contribution in [0, 0.1) is 28.7 Å². The molecule has 6 aromatic rings. The Morgan fingerprint density at radius 1 is 0.660 bits per heavy atom. The number of halogens is 2. The fourth-order valence-corrected chi connectivity index (χ4v) is 3.97. The van der Waals surface area contributed by atoms with Gasteiger partial charge in [-0.1, -0.05) is 18.2 Å². The monoisotopic (exact) mass is 830 g/mol. The highest BCUT2D eigenvalue weighted by molar-refractivity contribution is 5.71. The lowest BCUT2D eigenvalue weighted by Crippen LogP contribution is -3.00. The fourth-order valence-electron chi connectivity index (χ4n) is 3.97. The first-order valence-electron chi connectivity index (χ1n) is 15.5.